The molecule has 0 saturated carbocycles. The number of rotatable bonds is 15. The zero-order chi connectivity index (χ0) is 39.5. The Morgan fingerprint density at radius 3 is 2.47 bits per heavy atom. The van der Waals surface area contributed by atoms with Crippen molar-refractivity contribution in [3.05, 3.63) is 105 Å². The van der Waals surface area contributed by atoms with Crippen molar-refractivity contribution in [2.24, 2.45) is 0 Å². The van der Waals surface area contributed by atoms with Crippen molar-refractivity contribution in [3.63, 3.8) is 0 Å². The third kappa shape index (κ3) is 10.9. The fraction of sp³-hybridized carbons (Fsp3) is 0.395. The first-order chi connectivity index (χ1) is 26.5. The van der Waals surface area contributed by atoms with Crippen LogP contribution in [-0.2, 0) is 19.7 Å². The number of ether oxygens (including phenoxy) is 1. The molecule has 3 aromatic heterocycles. The second-order valence-electron chi connectivity index (χ2n) is 13.1. The second-order valence-corrected chi connectivity index (χ2v) is 14.1. The molecule has 4 atom stereocenters. The molecule has 1 aliphatic heterocycles. The Balaban J connectivity index is 0.000000384. The number of pyridine rings is 1. The van der Waals surface area contributed by atoms with Gasteiger partial charge in [-0.05, 0) is 69.4 Å². The monoisotopic (exact) mass is 777 g/mol. The summed E-state index contributed by atoms with van der Waals surface area (Å²) in [6.45, 7) is 2.41. The number of benzene rings is 2. The van der Waals surface area contributed by atoms with E-state index in [9.17, 15) is 19.4 Å². The van der Waals surface area contributed by atoms with E-state index in [1.54, 1.807) is 60.3 Å². The first kappa shape index (κ1) is 41.3. The molecule has 7 N–H and O–H groups in total. The number of hydrogen-bond donors (Lipinski definition) is 7. The van der Waals surface area contributed by atoms with Gasteiger partial charge in [-0.2, -0.15) is 5.26 Å². The van der Waals surface area contributed by atoms with Crippen LogP contribution in [0.3, 0.4) is 0 Å². The van der Waals surface area contributed by atoms with Crippen LogP contribution in [-0.4, -0.2) is 119 Å². The summed E-state index contributed by atoms with van der Waals surface area (Å²) in [5.41, 5.74) is 5.20. The highest BCUT2D eigenvalue weighted by Crippen LogP contribution is 2.30. The molecular formula is C38H44FN7O8S. The number of piperidine rings is 1. The van der Waals surface area contributed by atoms with Crippen molar-refractivity contribution >= 4 is 28.3 Å². The molecule has 15 nitrogen and oxygen atoms in total. The molecule has 1 saturated heterocycles. The normalized spacial score (nSPS) is 15.7. The van der Waals surface area contributed by atoms with Gasteiger partial charge >= 0.3 is 5.97 Å². The predicted octanol–water partition coefficient (Wildman–Crippen LogP) is 2.25. The van der Waals surface area contributed by atoms with E-state index < -0.39 is 42.8 Å². The van der Waals surface area contributed by atoms with Gasteiger partial charge in [0.15, 0.2) is 0 Å². The lowest BCUT2D eigenvalue weighted by Gasteiger charge is -2.31. The number of carboxylic acids is 1. The summed E-state index contributed by atoms with van der Waals surface area (Å²) < 4.78 is 22.1. The highest BCUT2D eigenvalue weighted by Gasteiger charge is 2.29. The van der Waals surface area contributed by atoms with Gasteiger partial charge in [-0.1, -0.05) is 12.1 Å². The molecule has 55 heavy (non-hydrogen) atoms. The Morgan fingerprint density at radius 2 is 1.82 bits per heavy atom. The number of likely N-dealkylation sites (tertiary alicyclic amines) is 1. The van der Waals surface area contributed by atoms with E-state index in [1.807, 2.05) is 24.4 Å². The number of halogens is 1. The van der Waals surface area contributed by atoms with Crippen LogP contribution in [0.4, 0.5) is 4.39 Å². The molecule has 0 spiro atoms. The molecule has 1 aliphatic rings. The van der Waals surface area contributed by atoms with Crippen LogP contribution in [0.2, 0.25) is 0 Å². The number of likely N-dealkylation sites (N-methyl/N-ethyl adjacent to an activating group) is 1. The number of nitrogens with zero attached hydrogens (tertiary/aromatic N) is 6. The van der Waals surface area contributed by atoms with E-state index in [-0.39, 0.29) is 30.2 Å². The number of aromatic carboxylic acids is 1. The molecule has 0 amide bonds. The van der Waals surface area contributed by atoms with E-state index >= 15 is 0 Å². The summed E-state index contributed by atoms with van der Waals surface area (Å²) in [7, 11) is 1.57. The maximum atomic E-state index is 14.2. The maximum absolute atomic E-state index is 14.2. The summed E-state index contributed by atoms with van der Waals surface area (Å²) in [5.74, 6) is 0.167. The number of aromatic nitrogens is 4. The fourth-order valence-electron chi connectivity index (χ4n) is 6.18. The molecular weight excluding hydrogens is 734 g/mol. The Labute approximate surface area is 320 Å². The molecule has 4 heterocycles. The van der Waals surface area contributed by atoms with E-state index in [1.165, 1.54) is 6.07 Å². The number of thiazole rings is 1. The van der Waals surface area contributed by atoms with Crippen molar-refractivity contribution in [1.82, 2.24) is 29.7 Å². The smallest absolute Gasteiger partial charge is 0.335 e. The topological polar surface area (TPSA) is 230 Å². The van der Waals surface area contributed by atoms with Crippen molar-refractivity contribution in [2.75, 3.05) is 33.3 Å². The van der Waals surface area contributed by atoms with Gasteiger partial charge in [0.25, 0.3) is 0 Å². The number of carboxylic acid groups (broad SMARTS) is 1. The third-order valence-electron chi connectivity index (χ3n) is 9.28. The number of hydrogen-bond acceptors (Lipinski definition) is 14. The first-order valence-electron chi connectivity index (χ1n) is 17.6. The van der Waals surface area contributed by atoms with Crippen molar-refractivity contribution < 1.29 is 44.6 Å². The fourth-order valence-corrected chi connectivity index (χ4v) is 6.77. The van der Waals surface area contributed by atoms with Crippen molar-refractivity contribution in [1.29, 1.82) is 5.26 Å². The zero-order valence-electron chi connectivity index (χ0n) is 30.1. The molecule has 0 radical (unpaired) electrons. The summed E-state index contributed by atoms with van der Waals surface area (Å²) >= 11 is 1.56. The van der Waals surface area contributed by atoms with Crippen molar-refractivity contribution in [3.8, 4) is 11.9 Å². The van der Waals surface area contributed by atoms with Gasteiger partial charge in [0.05, 0.1) is 59.5 Å². The summed E-state index contributed by atoms with van der Waals surface area (Å²) in [4.78, 5) is 28.8. The number of nitrogens with one attached hydrogen (secondary N) is 1. The number of aliphatic hydroxyl groups excluding tert-OH is 5. The van der Waals surface area contributed by atoms with Gasteiger partial charge in [0, 0.05) is 40.9 Å². The SMILES string of the molecule is CNC[C@H](O)[C@@H](O)[C@H](O)[C@H](O)CO.N#Cc1ccc(COc2cccc(C3CCN(Cc4nc5ccc(C(=O)O)cc5n4Cc4cncs4)CC3)n2)c(F)c1. The number of imidazole rings is 1. The molecule has 0 unspecified atom stereocenters. The van der Waals surface area contributed by atoms with Gasteiger partial charge in [-0.3, -0.25) is 9.88 Å². The Bertz CT molecular complexity index is 2050. The van der Waals surface area contributed by atoms with Crippen LogP contribution in [0, 0.1) is 17.1 Å². The van der Waals surface area contributed by atoms with E-state index in [4.69, 9.17) is 40.4 Å². The molecule has 5 aromatic rings. The van der Waals surface area contributed by atoms with Gasteiger partial charge in [-0.15, -0.1) is 11.3 Å². The van der Waals surface area contributed by atoms with Gasteiger partial charge in [0.2, 0.25) is 5.88 Å². The number of aliphatic hydroxyl groups is 5. The number of nitriles is 1. The Kier molecular flexibility index (Phi) is 14.7. The minimum atomic E-state index is -1.55. The second kappa shape index (κ2) is 19.6. The van der Waals surface area contributed by atoms with E-state index in [0.717, 1.165) is 53.4 Å². The average Bonchev–Trinajstić information content (AvgIpc) is 3.84. The standard InChI is InChI=1S/C31H27FN6O3S.C7H17NO5/c32-25-12-20(14-33)4-5-23(25)18-41-30-3-1-2-26(36-30)21-8-10-37(11-9-21)17-29-35-27-7-6-22(31(39)40)13-28(27)38(29)16-24-15-34-19-42-24;1-8-2-4(10)6(12)7(13)5(11)3-9/h1-7,12-13,15,19,21H,8-11,16-18H2,(H,39,40);4-13H,2-3H2,1H3/t;4-,5+,6+,7+/m.0/s1. The molecule has 6 rings (SSSR count). The molecule has 17 heteroatoms. The third-order valence-corrected chi connectivity index (χ3v) is 10.0. The highest BCUT2D eigenvalue weighted by atomic mass is 32.1. The van der Waals surface area contributed by atoms with Gasteiger partial charge < -0.3 is 45.3 Å². The van der Waals surface area contributed by atoms with Crippen LogP contribution in [0.15, 0.2) is 66.3 Å². The summed E-state index contributed by atoms with van der Waals surface area (Å²) in [5, 5.41) is 65.9. The maximum Gasteiger partial charge on any atom is 0.335 e. The Morgan fingerprint density at radius 1 is 1.05 bits per heavy atom. The number of fused-ring (bicyclic) bond motifs is 1. The quantitative estimate of drug-likeness (QED) is 0.0809. The average molecular weight is 778 g/mol. The summed E-state index contributed by atoms with van der Waals surface area (Å²) in [6, 6.07) is 17.0. The largest absolute Gasteiger partial charge is 0.478 e. The predicted molar refractivity (Wildman–Crippen MR) is 200 cm³/mol. The molecule has 0 aliphatic carbocycles. The van der Waals surface area contributed by atoms with Crippen LogP contribution in [0.25, 0.3) is 11.0 Å². The van der Waals surface area contributed by atoms with Gasteiger partial charge in [-0.25, -0.2) is 19.2 Å². The number of carbonyl (C=O) groups is 1. The molecule has 2 aromatic carbocycles. The first-order valence-corrected chi connectivity index (χ1v) is 18.5. The van der Waals surface area contributed by atoms with Crippen LogP contribution in [0.1, 0.15) is 56.6 Å². The van der Waals surface area contributed by atoms with Crippen LogP contribution in [0.5, 0.6) is 5.88 Å². The Hall–Kier alpha value is -4.90. The molecule has 1 fully saturated rings. The minimum absolute atomic E-state index is 0.0307. The van der Waals surface area contributed by atoms with E-state index in [0.29, 0.717) is 24.5 Å². The molecule has 0 bridgehead atoms. The lowest BCUT2D eigenvalue weighted by Crippen LogP contribution is -2.48. The lowest BCUT2D eigenvalue weighted by molar-refractivity contribution is -0.113. The highest BCUT2D eigenvalue weighted by molar-refractivity contribution is 7.09. The van der Waals surface area contributed by atoms with Crippen LogP contribution >= 0.6 is 11.3 Å². The molecule has 292 valence electrons. The van der Waals surface area contributed by atoms with E-state index in [2.05, 4.69) is 19.8 Å². The van der Waals surface area contributed by atoms with Gasteiger partial charge in [0.1, 0.15) is 36.6 Å². The summed E-state index contributed by atoms with van der Waals surface area (Å²) in [6.07, 6.45) is -1.98. The lowest BCUT2D eigenvalue weighted by atomic mass is 9.93. The van der Waals surface area contributed by atoms with Crippen molar-refractivity contribution in [2.45, 2.75) is 62.9 Å². The minimum Gasteiger partial charge on any atom is -0.478 e. The van der Waals surface area contributed by atoms with Crippen LogP contribution < -0.4 is 10.1 Å². The zero-order valence-corrected chi connectivity index (χ0v) is 30.9.